The Labute approximate surface area is 149 Å². The number of rotatable bonds is 4. The molecule has 0 radical (unpaired) electrons. The lowest BCUT2D eigenvalue weighted by Gasteiger charge is -2.23. The first-order valence-electron chi connectivity index (χ1n) is 8.23. The van der Waals surface area contributed by atoms with Gasteiger partial charge in [-0.15, -0.1) is 0 Å². The number of hydrogen-bond acceptors (Lipinski definition) is 5. The Morgan fingerprint density at radius 1 is 1.19 bits per heavy atom. The topological polar surface area (TPSA) is 86.1 Å². The van der Waals surface area contributed by atoms with Gasteiger partial charge in [-0.1, -0.05) is 24.3 Å². The van der Waals surface area contributed by atoms with Crippen LogP contribution >= 0.6 is 0 Å². The molecule has 0 saturated heterocycles. The second-order valence-electron chi connectivity index (χ2n) is 5.91. The minimum Gasteiger partial charge on any atom is -0.448 e. The van der Waals surface area contributed by atoms with E-state index in [9.17, 15) is 9.59 Å². The van der Waals surface area contributed by atoms with E-state index in [0.29, 0.717) is 17.8 Å². The van der Waals surface area contributed by atoms with Crippen molar-refractivity contribution < 1.29 is 14.3 Å². The Morgan fingerprint density at radius 3 is 2.92 bits per heavy atom. The first-order chi connectivity index (χ1) is 12.7. The Hall–Kier alpha value is -3.48. The molecule has 1 atom stereocenters. The third kappa shape index (κ3) is 3.06. The summed E-state index contributed by atoms with van der Waals surface area (Å²) in [6, 6.07) is 12.6. The van der Waals surface area contributed by atoms with Gasteiger partial charge in [-0.3, -0.25) is 4.79 Å². The number of pyridine rings is 1. The molecule has 3 aromatic rings. The fourth-order valence-corrected chi connectivity index (χ4v) is 2.94. The standard InChI is InChI=1S/C19H16N4O3/c24-18(16-11-13-5-1-2-7-15(13)19(25)26-16)21-12-14-6-3-8-20-17(14)23-10-4-9-22-23/h1-10,16H,11-12H2,(H,21,24). The van der Waals surface area contributed by atoms with Crippen LogP contribution in [0.3, 0.4) is 0 Å². The highest BCUT2D eigenvalue weighted by Crippen LogP contribution is 2.20. The van der Waals surface area contributed by atoms with Gasteiger partial charge in [-0.05, 0) is 23.8 Å². The number of aromatic nitrogens is 3. The van der Waals surface area contributed by atoms with Gasteiger partial charge in [0.1, 0.15) is 0 Å². The van der Waals surface area contributed by atoms with Crippen molar-refractivity contribution in [3.8, 4) is 5.82 Å². The maximum Gasteiger partial charge on any atom is 0.339 e. The van der Waals surface area contributed by atoms with Crippen molar-refractivity contribution in [1.82, 2.24) is 20.1 Å². The highest BCUT2D eigenvalue weighted by atomic mass is 16.5. The van der Waals surface area contributed by atoms with Crippen molar-refractivity contribution in [3.05, 3.63) is 77.7 Å². The summed E-state index contributed by atoms with van der Waals surface area (Å²) in [4.78, 5) is 28.9. The number of hydrogen-bond donors (Lipinski definition) is 1. The number of ether oxygens (including phenoxy) is 1. The molecule has 0 fully saturated rings. The van der Waals surface area contributed by atoms with Crippen LogP contribution in [0.5, 0.6) is 0 Å². The van der Waals surface area contributed by atoms with Crippen molar-refractivity contribution >= 4 is 11.9 Å². The van der Waals surface area contributed by atoms with Crippen LogP contribution in [0.15, 0.2) is 61.1 Å². The molecule has 7 nitrogen and oxygen atoms in total. The second-order valence-corrected chi connectivity index (χ2v) is 5.91. The van der Waals surface area contributed by atoms with Gasteiger partial charge in [0, 0.05) is 37.1 Å². The molecule has 7 heteroatoms. The van der Waals surface area contributed by atoms with E-state index in [0.717, 1.165) is 11.1 Å². The molecule has 0 bridgehead atoms. The van der Waals surface area contributed by atoms with Crippen LogP contribution in [-0.4, -0.2) is 32.7 Å². The summed E-state index contributed by atoms with van der Waals surface area (Å²) in [5.41, 5.74) is 2.15. The maximum absolute atomic E-state index is 12.5. The summed E-state index contributed by atoms with van der Waals surface area (Å²) in [5, 5.41) is 7.00. The van der Waals surface area contributed by atoms with Gasteiger partial charge in [0.2, 0.25) is 0 Å². The van der Waals surface area contributed by atoms with Crippen LogP contribution in [-0.2, 0) is 22.5 Å². The normalized spacial score (nSPS) is 15.8. The lowest BCUT2D eigenvalue weighted by Crippen LogP contribution is -2.41. The van der Waals surface area contributed by atoms with Gasteiger partial charge >= 0.3 is 5.97 Å². The Balaban J connectivity index is 1.47. The third-order valence-corrected chi connectivity index (χ3v) is 4.23. The smallest absolute Gasteiger partial charge is 0.339 e. The summed E-state index contributed by atoms with van der Waals surface area (Å²) in [6.45, 7) is 0.261. The number of benzene rings is 1. The summed E-state index contributed by atoms with van der Waals surface area (Å²) < 4.78 is 6.92. The molecule has 26 heavy (non-hydrogen) atoms. The van der Waals surface area contributed by atoms with Gasteiger partial charge in [0.25, 0.3) is 5.91 Å². The van der Waals surface area contributed by atoms with E-state index in [1.54, 1.807) is 47.5 Å². The number of nitrogens with zero attached hydrogens (tertiary/aromatic N) is 3. The first kappa shape index (κ1) is 16.0. The zero-order valence-corrected chi connectivity index (χ0v) is 13.8. The van der Waals surface area contributed by atoms with E-state index in [4.69, 9.17) is 4.74 Å². The quantitative estimate of drug-likeness (QED) is 0.725. The molecule has 3 heterocycles. The van der Waals surface area contributed by atoms with Gasteiger partial charge in [0.15, 0.2) is 11.9 Å². The molecule has 130 valence electrons. The molecule has 0 spiro atoms. The molecule has 2 aromatic heterocycles. The number of esters is 1. The van der Waals surface area contributed by atoms with Gasteiger partial charge < -0.3 is 10.1 Å². The molecular formula is C19H16N4O3. The zero-order valence-electron chi connectivity index (χ0n) is 13.8. The number of nitrogens with one attached hydrogen (secondary N) is 1. The highest BCUT2D eigenvalue weighted by Gasteiger charge is 2.30. The lowest BCUT2D eigenvalue weighted by atomic mass is 9.98. The van der Waals surface area contributed by atoms with E-state index in [1.807, 2.05) is 18.2 Å². The van der Waals surface area contributed by atoms with Crippen molar-refractivity contribution in [2.75, 3.05) is 0 Å². The minimum absolute atomic E-state index is 0.261. The van der Waals surface area contributed by atoms with Crippen LogP contribution in [0.4, 0.5) is 0 Å². The molecule has 0 saturated carbocycles. The SMILES string of the molecule is O=C1OC(C(=O)NCc2cccnc2-n2cccn2)Cc2ccccc21. The summed E-state index contributed by atoms with van der Waals surface area (Å²) in [6.07, 6.45) is 4.65. The minimum atomic E-state index is -0.831. The van der Waals surface area contributed by atoms with Crippen LogP contribution < -0.4 is 5.32 Å². The molecule has 1 aliphatic rings. The average Bonchev–Trinajstić information content (AvgIpc) is 3.21. The predicted molar refractivity (Wildman–Crippen MR) is 92.6 cm³/mol. The molecule has 1 unspecified atom stereocenters. The van der Waals surface area contributed by atoms with Crippen molar-refractivity contribution in [2.45, 2.75) is 19.1 Å². The highest BCUT2D eigenvalue weighted by molar-refractivity contribution is 5.95. The van der Waals surface area contributed by atoms with E-state index in [2.05, 4.69) is 15.4 Å². The van der Waals surface area contributed by atoms with Crippen LogP contribution in [0.25, 0.3) is 5.82 Å². The number of cyclic esters (lactones) is 1. The third-order valence-electron chi connectivity index (χ3n) is 4.23. The molecule has 4 rings (SSSR count). The monoisotopic (exact) mass is 348 g/mol. The molecule has 0 aliphatic carbocycles. The lowest BCUT2D eigenvalue weighted by molar-refractivity contribution is -0.130. The van der Waals surface area contributed by atoms with Gasteiger partial charge in [-0.2, -0.15) is 5.10 Å². The number of carbonyl (C=O) groups is 2. The van der Waals surface area contributed by atoms with Gasteiger partial charge in [0.05, 0.1) is 5.56 Å². The van der Waals surface area contributed by atoms with Crippen LogP contribution in [0.1, 0.15) is 21.5 Å². The molecule has 1 N–H and O–H groups in total. The van der Waals surface area contributed by atoms with Crippen molar-refractivity contribution in [1.29, 1.82) is 0 Å². The van der Waals surface area contributed by atoms with Crippen LogP contribution in [0.2, 0.25) is 0 Å². The van der Waals surface area contributed by atoms with E-state index in [1.165, 1.54) is 0 Å². The summed E-state index contributed by atoms with van der Waals surface area (Å²) in [5.74, 6) is -0.155. The Bertz CT molecular complexity index is 953. The summed E-state index contributed by atoms with van der Waals surface area (Å²) >= 11 is 0. The van der Waals surface area contributed by atoms with Crippen LogP contribution in [0, 0.1) is 0 Å². The fraction of sp³-hybridized carbons (Fsp3) is 0.158. The average molecular weight is 348 g/mol. The number of carbonyl (C=O) groups excluding carboxylic acids is 2. The maximum atomic E-state index is 12.5. The predicted octanol–water partition coefficient (Wildman–Crippen LogP) is 1.67. The van der Waals surface area contributed by atoms with E-state index >= 15 is 0 Å². The largest absolute Gasteiger partial charge is 0.448 e. The molecule has 1 aliphatic heterocycles. The number of amides is 1. The Morgan fingerprint density at radius 2 is 2.08 bits per heavy atom. The van der Waals surface area contributed by atoms with Crippen molar-refractivity contribution in [2.24, 2.45) is 0 Å². The molecule has 1 aromatic carbocycles. The van der Waals surface area contributed by atoms with Crippen molar-refractivity contribution in [3.63, 3.8) is 0 Å². The summed E-state index contributed by atoms with van der Waals surface area (Å²) in [7, 11) is 0. The van der Waals surface area contributed by atoms with E-state index < -0.39 is 12.1 Å². The first-order valence-corrected chi connectivity index (χ1v) is 8.23. The second kappa shape index (κ2) is 6.79. The fourth-order valence-electron chi connectivity index (χ4n) is 2.94. The Kier molecular flexibility index (Phi) is 4.18. The number of fused-ring (bicyclic) bond motifs is 1. The van der Waals surface area contributed by atoms with E-state index in [-0.39, 0.29) is 12.5 Å². The molecule has 1 amide bonds. The zero-order chi connectivity index (χ0) is 17.9. The van der Waals surface area contributed by atoms with Gasteiger partial charge in [-0.25, -0.2) is 14.5 Å². The molecular weight excluding hydrogens is 332 g/mol.